The normalized spacial score (nSPS) is 12.6. The fraction of sp³-hybridized carbons (Fsp3) is 0.417. The van der Waals surface area contributed by atoms with E-state index in [2.05, 4.69) is 29.0 Å². The summed E-state index contributed by atoms with van der Waals surface area (Å²) in [6, 6.07) is 6.03. The molecule has 0 saturated heterocycles. The number of hydrogen-bond donors (Lipinski definition) is 1. The van der Waals surface area contributed by atoms with Gasteiger partial charge in [-0.1, -0.05) is 13.0 Å². The highest BCUT2D eigenvalue weighted by molar-refractivity contribution is 7.71. The number of aromatic nitrogens is 4. The van der Waals surface area contributed by atoms with Gasteiger partial charge >= 0.3 is 0 Å². The molecule has 4 nitrogen and oxygen atoms in total. The van der Waals surface area contributed by atoms with Gasteiger partial charge < -0.3 is 0 Å². The number of pyridine rings is 1. The topological polar surface area (TPSA) is 46.5 Å². The van der Waals surface area contributed by atoms with Crippen LogP contribution >= 0.6 is 12.2 Å². The summed E-state index contributed by atoms with van der Waals surface area (Å²) in [4.78, 5) is 4.37. The Morgan fingerprint density at radius 1 is 1.47 bits per heavy atom. The molecule has 0 bridgehead atoms. The molecule has 2 rings (SSSR count). The van der Waals surface area contributed by atoms with Crippen molar-refractivity contribution in [2.24, 2.45) is 0 Å². The zero-order chi connectivity index (χ0) is 12.3. The Morgan fingerprint density at radius 2 is 2.29 bits per heavy atom. The van der Waals surface area contributed by atoms with E-state index < -0.39 is 0 Å². The molecule has 2 aromatic rings. The monoisotopic (exact) mass is 248 g/mol. The number of aromatic amines is 1. The fourth-order valence-corrected chi connectivity index (χ4v) is 2.20. The highest BCUT2D eigenvalue weighted by Gasteiger charge is 2.14. The summed E-state index contributed by atoms with van der Waals surface area (Å²) in [5.41, 5.74) is 1.00. The Hall–Kier alpha value is -1.49. The zero-order valence-corrected chi connectivity index (χ0v) is 10.9. The maximum atomic E-state index is 5.28. The molecule has 90 valence electrons. The molecule has 17 heavy (non-hydrogen) atoms. The zero-order valence-electron chi connectivity index (χ0n) is 10.1. The number of nitrogens with zero attached hydrogens (tertiary/aromatic N) is 3. The van der Waals surface area contributed by atoms with Crippen LogP contribution in [0.3, 0.4) is 0 Å². The molecule has 0 amide bonds. The molecular formula is C12H16N4S. The van der Waals surface area contributed by atoms with E-state index in [-0.39, 0.29) is 6.04 Å². The predicted molar refractivity (Wildman–Crippen MR) is 69.5 cm³/mol. The molecule has 0 aromatic carbocycles. The molecule has 0 fully saturated rings. The second-order valence-corrected chi connectivity index (χ2v) is 4.38. The Balaban J connectivity index is 2.40. The van der Waals surface area contributed by atoms with Gasteiger partial charge in [0, 0.05) is 12.6 Å². The van der Waals surface area contributed by atoms with Gasteiger partial charge in [-0.15, -0.1) is 0 Å². The quantitative estimate of drug-likeness (QED) is 0.846. The minimum Gasteiger partial charge on any atom is -0.295 e. The number of rotatable bonds is 4. The van der Waals surface area contributed by atoms with Crippen molar-refractivity contribution in [3.05, 3.63) is 40.7 Å². The van der Waals surface area contributed by atoms with Crippen molar-refractivity contribution < 1.29 is 0 Å². The third kappa shape index (κ3) is 2.44. The summed E-state index contributed by atoms with van der Waals surface area (Å²) in [5, 5.41) is 7.13. The molecule has 0 spiro atoms. The number of H-pyrrole nitrogens is 1. The van der Waals surface area contributed by atoms with Crippen molar-refractivity contribution in [2.75, 3.05) is 0 Å². The predicted octanol–water partition coefficient (Wildman–Crippen LogP) is 2.90. The largest absolute Gasteiger partial charge is 0.295 e. The van der Waals surface area contributed by atoms with E-state index in [1.807, 2.05) is 22.8 Å². The smallest absolute Gasteiger partial charge is 0.195 e. The lowest BCUT2D eigenvalue weighted by atomic mass is 10.2. The lowest BCUT2D eigenvalue weighted by molar-refractivity contribution is 0.576. The molecule has 2 heterocycles. The van der Waals surface area contributed by atoms with E-state index in [1.54, 1.807) is 6.20 Å². The van der Waals surface area contributed by atoms with Crippen LogP contribution in [0.1, 0.15) is 37.8 Å². The summed E-state index contributed by atoms with van der Waals surface area (Å²) >= 11 is 5.28. The Labute approximate surface area is 106 Å². The Morgan fingerprint density at radius 3 is 2.94 bits per heavy atom. The summed E-state index contributed by atoms with van der Waals surface area (Å²) in [7, 11) is 0. The first-order chi connectivity index (χ1) is 8.24. The maximum Gasteiger partial charge on any atom is 0.195 e. The first kappa shape index (κ1) is 12.0. The first-order valence-electron chi connectivity index (χ1n) is 5.80. The van der Waals surface area contributed by atoms with E-state index in [4.69, 9.17) is 12.2 Å². The van der Waals surface area contributed by atoms with Crippen LogP contribution < -0.4 is 0 Å². The van der Waals surface area contributed by atoms with Crippen LogP contribution in [0, 0.1) is 4.77 Å². The van der Waals surface area contributed by atoms with Crippen molar-refractivity contribution in [1.82, 2.24) is 19.7 Å². The van der Waals surface area contributed by atoms with Gasteiger partial charge in [0.25, 0.3) is 0 Å². The molecule has 0 radical (unpaired) electrons. The highest BCUT2D eigenvalue weighted by atomic mass is 32.1. The van der Waals surface area contributed by atoms with Crippen molar-refractivity contribution in [3.63, 3.8) is 0 Å². The van der Waals surface area contributed by atoms with Crippen LogP contribution in [0.25, 0.3) is 0 Å². The molecular weight excluding hydrogens is 232 g/mol. The van der Waals surface area contributed by atoms with Crippen LogP contribution in [0.2, 0.25) is 0 Å². The van der Waals surface area contributed by atoms with Crippen LogP contribution in [0.5, 0.6) is 0 Å². The standard InChI is InChI=1S/C12H16N4S/c1-3-6-11-14-15-12(17)16(11)9(2)10-7-4-5-8-13-10/h4-5,7-9H,3,6H2,1-2H3,(H,15,17). The first-order valence-corrected chi connectivity index (χ1v) is 6.21. The van der Waals surface area contributed by atoms with Crippen molar-refractivity contribution in [1.29, 1.82) is 0 Å². The minimum absolute atomic E-state index is 0.115. The average Bonchev–Trinajstić information content (AvgIpc) is 2.71. The van der Waals surface area contributed by atoms with E-state index >= 15 is 0 Å². The van der Waals surface area contributed by atoms with Gasteiger partial charge in [-0.05, 0) is 37.7 Å². The molecule has 5 heteroatoms. The van der Waals surface area contributed by atoms with Gasteiger partial charge in [-0.2, -0.15) is 5.10 Å². The third-order valence-electron chi connectivity index (χ3n) is 2.75. The van der Waals surface area contributed by atoms with E-state index in [9.17, 15) is 0 Å². The van der Waals surface area contributed by atoms with Gasteiger partial charge in [0.2, 0.25) is 0 Å². The Kier molecular flexibility index (Phi) is 3.68. The number of aryl methyl sites for hydroxylation is 1. The van der Waals surface area contributed by atoms with Crippen molar-refractivity contribution >= 4 is 12.2 Å². The lowest BCUT2D eigenvalue weighted by Gasteiger charge is -2.14. The van der Waals surface area contributed by atoms with Crippen LogP contribution in [0.15, 0.2) is 24.4 Å². The fourth-order valence-electron chi connectivity index (χ4n) is 1.89. The van der Waals surface area contributed by atoms with Crippen LogP contribution in [-0.4, -0.2) is 19.7 Å². The van der Waals surface area contributed by atoms with E-state index in [0.29, 0.717) is 4.77 Å². The summed E-state index contributed by atoms with van der Waals surface area (Å²) < 4.78 is 2.70. The molecule has 1 unspecified atom stereocenters. The van der Waals surface area contributed by atoms with Gasteiger partial charge in [0.1, 0.15) is 5.82 Å². The minimum atomic E-state index is 0.115. The molecule has 0 aliphatic carbocycles. The highest BCUT2D eigenvalue weighted by Crippen LogP contribution is 2.17. The van der Waals surface area contributed by atoms with Gasteiger partial charge in [-0.3, -0.25) is 14.6 Å². The molecule has 0 aliphatic heterocycles. The molecule has 2 aromatic heterocycles. The summed E-state index contributed by atoms with van der Waals surface area (Å²) in [6.45, 7) is 4.22. The molecule has 1 atom stereocenters. The van der Waals surface area contributed by atoms with Gasteiger partial charge in [0.05, 0.1) is 11.7 Å². The van der Waals surface area contributed by atoms with E-state index in [0.717, 1.165) is 24.4 Å². The number of hydrogen-bond acceptors (Lipinski definition) is 3. The number of nitrogens with one attached hydrogen (secondary N) is 1. The maximum absolute atomic E-state index is 5.28. The summed E-state index contributed by atoms with van der Waals surface area (Å²) in [5.74, 6) is 0.996. The summed E-state index contributed by atoms with van der Waals surface area (Å²) in [6.07, 6.45) is 3.77. The van der Waals surface area contributed by atoms with Crippen LogP contribution in [-0.2, 0) is 6.42 Å². The third-order valence-corrected chi connectivity index (χ3v) is 3.04. The SMILES string of the molecule is CCCc1n[nH]c(=S)n1C(C)c1ccccn1. The van der Waals surface area contributed by atoms with E-state index in [1.165, 1.54) is 0 Å². The second kappa shape index (κ2) is 5.23. The lowest BCUT2D eigenvalue weighted by Crippen LogP contribution is -2.12. The van der Waals surface area contributed by atoms with Gasteiger partial charge in [-0.25, -0.2) is 0 Å². The van der Waals surface area contributed by atoms with Gasteiger partial charge in [0.15, 0.2) is 4.77 Å². The van der Waals surface area contributed by atoms with Crippen molar-refractivity contribution in [2.45, 2.75) is 32.7 Å². The second-order valence-electron chi connectivity index (χ2n) is 4.00. The van der Waals surface area contributed by atoms with Crippen LogP contribution in [0.4, 0.5) is 0 Å². The molecule has 0 saturated carbocycles. The molecule has 0 aliphatic rings. The Bertz CT molecular complexity index is 529. The van der Waals surface area contributed by atoms with Crippen molar-refractivity contribution in [3.8, 4) is 0 Å². The average molecular weight is 248 g/mol. The molecule has 1 N–H and O–H groups in total.